The number of rotatable bonds is 10. The molecule has 2 heterocycles. The number of hydrogen-bond acceptors (Lipinski definition) is 7. The average Bonchev–Trinajstić information content (AvgIpc) is 2.83. The van der Waals surface area contributed by atoms with E-state index in [9.17, 15) is 19.2 Å². The largest absolute Gasteiger partial charge is 0.466 e. The van der Waals surface area contributed by atoms with Gasteiger partial charge in [-0.25, -0.2) is 9.78 Å². The van der Waals surface area contributed by atoms with Gasteiger partial charge in [0.15, 0.2) is 0 Å². The third-order valence-corrected chi connectivity index (χ3v) is 5.84. The minimum Gasteiger partial charge on any atom is -0.466 e. The molecular formula is C24H26BrN3O6. The highest BCUT2D eigenvalue weighted by Gasteiger charge is 2.18. The highest BCUT2D eigenvalue weighted by molar-refractivity contribution is 9.10. The lowest BCUT2D eigenvalue weighted by Gasteiger charge is -2.14. The van der Waals surface area contributed by atoms with E-state index in [0.29, 0.717) is 18.4 Å². The van der Waals surface area contributed by atoms with Gasteiger partial charge in [0.1, 0.15) is 10.5 Å². The van der Waals surface area contributed by atoms with E-state index in [0.717, 1.165) is 15.7 Å². The van der Waals surface area contributed by atoms with Crippen molar-refractivity contribution in [2.24, 2.45) is 0 Å². The van der Waals surface area contributed by atoms with Crippen LogP contribution in [0.3, 0.4) is 0 Å². The molecule has 0 saturated carbocycles. The highest BCUT2D eigenvalue weighted by atomic mass is 79.9. The van der Waals surface area contributed by atoms with Gasteiger partial charge < -0.3 is 9.47 Å². The Hall–Kier alpha value is -3.27. The molecule has 0 N–H and O–H groups in total. The molecule has 1 atom stereocenters. The van der Waals surface area contributed by atoms with Crippen LogP contribution in [0.15, 0.2) is 52.2 Å². The number of carbonyl (C=O) groups is 2. The Balaban J connectivity index is 1.89. The average molecular weight is 532 g/mol. The van der Waals surface area contributed by atoms with E-state index >= 15 is 0 Å². The maximum absolute atomic E-state index is 13.2. The lowest BCUT2D eigenvalue weighted by molar-refractivity contribution is -0.143. The van der Waals surface area contributed by atoms with Crippen LogP contribution in [0.5, 0.6) is 0 Å². The van der Waals surface area contributed by atoms with E-state index in [4.69, 9.17) is 9.47 Å². The Labute approximate surface area is 204 Å². The van der Waals surface area contributed by atoms with Crippen molar-refractivity contribution in [3.05, 3.63) is 74.6 Å². The number of nitrogens with zero attached hydrogens (tertiary/aromatic N) is 3. The predicted octanol–water partition coefficient (Wildman–Crippen LogP) is 2.43. The third-order valence-electron chi connectivity index (χ3n) is 5.15. The van der Waals surface area contributed by atoms with E-state index < -0.39 is 22.0 Å². The first kappa shape index (κ1) is 25.4. The molecule has 3 rings (SSSR count). The Morgan fingerprint density at radius 1 is 1.00 bits per heavy atom. The molecule has 9 nitrogen and oxygen atoms in total. The van der Waals surface area contributed by atoms with Crippen LogP contribution in [0, 0.1) is 0 Å². The minimum absolute atomic E-state index is 0.0826. The zero-order valence-corrected chi connectivity index (χ0v) is 20.6. The van der Waals surface area contributed by atoms with Crippen molar-refractivity contribution in [3.8, 4) is 0 Å². The van der Waals surface area contributed by atoms with Crippen molar-refractivity contribution in [3.63, 3.8) is 0 Å². The van der Waals surface area contributed by atoms with Crippen LogP contribution in [0.4, 0.5) is 0 Å². The monoisotopic (exact) mass is 531 g/mol. The first-order valence-corrected chi connectivity index (χ1v) is 11.9. The molecule has 1 aromatic carbocycles. The van der Waals surface area contributed by atoms with Gasteiger partial charge in [-0.05, 0) is 43.5 Å². The first-order valence-electron chi connectivity index (χ1n) is 11.0. The first-order chi connectivity index (χ1) is 16.3. The standard InChI is InChI=1S/C24H26BrN3O6/c1-3-33-20(29)11-13-27-22(30)18-6-5-12-26-21(18)28(24(27)32)15-17-9-7-16(8-10-17)14-19(25)23(31)34-4-2/h5-10,12,19H,3-4,11,13-15H2,1-2H3. The van der Waals surface area contributed by atoms with Gasteiger partial charge in [-0.15, -0.1) is 0 Å². The summed E-state index contributed by atoms with van der Waals surface area (Å²) in [4.78, 5) is 53.5. The summed E-state index contributed by atoms with van der Waals surface area (Å²) in [6, 6.07) is 10.7. The van der Waals surface area contributed by atoms with Gasteiger partial charge in [-0.2, -0.15) is 0 Å². The molecule has 0 fully saturated rings. The minimum atomic E-state index is -0.549. The number of fused-ring (bicyclic) bond motifs is 1. The van der Waals surface area contributed by atoms with Crippen molar-refractivity contribution in [2.75, 3.05) is 13.2 Å². The molecule has 1 unspecified atom stereocenters. The molecule has 10 heteroatoms. The molecule has 0 aliphatic carbocycles. The van der Waals surface area contributed by atoms with E-state index in [1.807, 2.05) is 24.3 Å². The molecule has 180 valence electrons. The summed E-state index contributed by atoms with van der Waals surface area (Å²) in [5.41, 5.74) is 0.972. The second-order valence-corrected chi connectivity index (χ2v) is 8.60. The molecule has 3 aromatic rings. The Kier molecular flexibility index (Phi) is 8.75. The van der Waals surface area contributed by atoms with Gasteiger partial charge in [0, 0.05) is 12.7 Å². The molecule has 0 bridgehead atoms. The summed E-state index contributed by atoms with van der Waals surface area (Å²) < 4.78 is 12.4. The number of ether oxygens (including phenoxy) is 2. The fourth-order valence-electron chi connectivity index (χ4n) is 3.51. The zero-order valence-electron chi connectivity index (χ0n) is 19.0. The molecule has 0 amide bonds. The van der Waals surface area contributed by atoms with Gasteiger partial charge in [0.2, 0.25) is 0 Å². The summed E-state index contributed by atoms with van der Waals surface area (Å²) in [6.45, 7) is 4.10. The number of benzene rings is 1. The molecule has 0 saturated heterocycles. The van der Waals surface area contributed by atoms with Gasteiger partial charge >= 0.3 is 17.6 Å². The second-order valence-electron chi connectivity index (χ2n) is 7.50. The van der Waals surface area contributed by atoms with E-state index in [-0.39, 0.29) is 37.7 Å². The number of aromatic nitrogens is 3. The maximum atomic E-state index is 13.2. The van der Waals surface area contributed by atoms with E-state index in [1.54, 1.807) is 26.0 Å². The fourth-order valence-corrected chi connectivity index (χ4v) is 4.02. The Morgan fingerprint density at radius 3 is 2.35 bits per heavy atom. The molecule has 2 aromatic heterocycles. The van der Waals surface area contributed by atoms with Gasteiger partial charge in [-0.1, -0.05) is 40.2 Å². The molecule has 0 spiro atoms. The van der Waals surface area contributed by atoms with Crippen LogP contribution in [-0.2, 0) is 38.6 Å². The predicted molar refractivity (Wildman–Crippen MR) is 130 cm³/mol. The number of halogens is 1. The number of alkyl halides is 1. The zero-order chi connectivity index (χ0) is 24.7. The molecule has 34 heavy (non-hydrogen) atoms. The highest BCUT2D eigenvalue weighted by Crippen LogP contribution is 2.14. The quantitative estimate of drug-likeness (QED) is 0.292. The van der Waals surface area contributed by atoms with Crippen LogP contribution in [0.2, 0.25) is 0 Å². The topological polar surface area (TPSA) is 109 Å². The lowest BCUT2D eigenvalue weighted by Crippen LogP contribution is -2.41. The van der Waals surface area contributed by atoms with Crippen molar-refractivity contribution < 1.29 is 19.1 Å². The van der Waals surface area contributed by atoms with Crippen LogP contribution in [-0.4, -0.2) is 44.1 Å². The van der Waals surface area contributed by atoms with Crippen LogP contribution < -0.4 is 11.2 Å². The van der Waals surface area contributed by atoms with Crippen LogP contribution >= 0.6 is 15.9 Å². The molecule has 0 aliphatic rings. The Bertz CT molecular complexity index is 1280. The summed E-state index contributed by atoms with van der Waals surface area (Å²) >= 11 is 3.35. The van der Waals surface area contributed by atoms with Crippen molar-refractivity contribution in [1.82, 2.24) is 14.1 Å². The number of esters is 2. The van der Waals surface area contributed by atoms with Crippen molar-refractivity contribution >= 4 is 38.9 Å². The summed E-state index contributed by atoms with van der Waals surface area (Å²) in [5, 5.41) is 0.291. The Morgan fingerprint density at radius 2 is 1.68 bits per heavy atom. The number of pyridine rings is 1. The third kappa shape index (κ3) is 5.99. The second kappa shape index (κ2) is 11.7. The summed E-state index contributed by atoms with van der Waals surface area (Å²) in [7, 11) is 0. The van der Waals surface area contributed by atoms with Gasteiger partial charge in [0.25, 0.3) is 5.56 Å². The van der Waals surface area contributed by atoms with Gasteiger partial charge in [-0.3, -0.25) is 23.5 Å². The normalized spacial score (nSPS) is 11.9. The fraction of sp³-hybridized carbons (Fsp3) is 0.375. The summed E-state index contributed by atoms with van der Waals surface area (Å²) in [5.74, 6) is -0.795. The number of hydrogen-bond donors (Lipinski definition) is 0. The smallest absolute Gasteiger partial charge is 0.332 e. The van der Waals surface area contributed by atoms with Gasteiger partial charge in [0.05, 0.1) is 31.6 Å². The SMILES string of the molecule is CCOC(=O)CCn1c(=O)c2cccnc2n(Cc2ccc(CC(Br)C(=O)OCC)cc2)c1=O. The molecule has 0 radical (unpaired) electrons. The molecule has 0 aliphatic heterocycles. The number of carbonyl (C=O) groups excluding carboxylic acids is 2. The van der Waals surface area contributed by atoms with E-state index in [2.05, 4.69) is 20.9 Å². The van der Waals surface area contributed by atoms with Crippen molar-refractivity contribution in [2.45, 2.75) is 44.6 Å². The van der Waals surface area contributed by atoms with E-state index in [1.165, 1.54) is 10.8 Å². The van der Waals surface area contributed by atoms with Crippen LogP contribution in [0.1, 0.15) is 31.4 Å². The molecular weight excluding hydrogens is 506 g/mol. The van der Waals surface area contributed by atoms with Crippen LogP contribution in [0.25, 0.3) is 11.0 Å². The lowest BCUT2D eigenvalue weighted by atomic mass is 10.1. The summed E-state index contributed by atoms with van der Waals surface area (Å²) in [6.07, 6.45) is 1.90. The van der Waals surface area contributed by atoms with Crippen molar-refractivity contribution in [1.29, 1.82) is 0 Å². The maximum Gasteiger partial charge on any atom is 0.332 e.